The van der Waals surface area contributed by atoms with Crippen molar-refractivity contribution < 1.29 is 9.90 Å². The number of hydrogen-bond donors (Lipinski definition) is 2. The van der Waals surface area contributed by atoms with Crippen molar-refractivity contribution in [3.63, 3.8) is 0 Å². The third-order valence-electron chi connectivity index (χ3n) is 3.13. The molecule has 0 aliphatic rings. The molecule has 0 bridgehead atoms. The number of aliphatic hydroxyl groups is 1. The number of hydrogen-bond acceptors (Lipinski definition) is 4. The molecular weight excluding hydrogens is 242 g/mol. The molecule has 0 aromatic carbocycles. The van der Waals surface area contributed by atoms with Crippen molar-refractivity contribution in [2.75, 3.05) is 32.1 Å². The van der Waals surface area contributed by atoms with E-state index in [4.69, 9.17) is 5.11 Å². The number of pyridine rings is 1. The lowest BCUT2D eigenvalue weighted by molar-refractivity contribution is 0.0943. The normalized spacial score (nSPS) is 12.0. The van der Waals surface area contributed by atoms with Crippen LogP contribution in [0.3, 0.4) is 0 Å². The molecule has 1 atom stereocenters. The summed E-state index contributed by atoms with van der Waals surface area (Å²) in [6.45, 7) is 2.81. The highest BCUT2D eigenvalue weighted by atomic mass is 16.3. The van der Waals surface area contributed by atoms with Crippen molar-refractivity contribution in [1.29, 1.82) is 0 Å². The first kappa shape index (κ1) is 15.4. The van der Waals surface area contributed by atoms with Crippen LogP contribution in [0, 0.1) is 5.92 Å². The van der Waals surface area contributed by atoms with E-state index in [2.05, 4.69) is 17.2 Å². The summed E-state index contributed by atoms with van der Waals surface area (Å²) in [5.41, 5.74) is 0.609. The Balaban J connectivity index is 2.60. The van der Waals surface area contributed by atoms with Crippen molar-refractivity contribution in [3.8, 4) is 0 Å². The van der Waals surface area contributed by atoms with E-state index in [9.17, 15) is 4.79 Å². The third-order valence-corrected chi connectivity index (χ3v) is 3.13. The summed E-state index contributed by atoms with van der Waals surface area (Å²) in [5.74, 6) is 0.987. The van der Waals surface area contributed by atoms with E-state index in [1.165, 1.54) is 0 Å². The fourth-order valence-electron chi connectivity index (χ4n) is 1.78. The topological polar surface area (TPSA) is 65.5 Å². The number of carbonyl (C=O) groups is 1. The zero-order valence-corrected chi connectivity index (χ0v) is 11.9. The van der Waals surface area contributed by atoms with Crippen molar-refractivity contribution in [3.05, 3.63) is 23.9 Å². The number of amides is 1. The summed E-state index contributed by atoms with van der Waals surface area (Å²) in [6, 6.07) is 3.47. The second-order valence-corrected chi connectivity index (χ2v) is 4.79. The largest absolute Gasteiger partial charge is 0.396 e. The Labute approximate surface area is 114 Å². The molecule has 1 unspecified atom stereocenters. The quantitative estimate of drug-likeness (QED) is 0.779. The highest BCUT2D eigenvalue weighted by Gasteiger charge is 2.11. The monoisotopic (exact) mass is 265 g/mol. The zero-order chi connectivity index (χ0) is 14.3. The molecule has 106 valence electrons. The van der Waals surface area contributed by atoms with Crippen LogP contribution in [0.1, 0.15) is 30.1 Å². The molecule has 1 aromatic heterocycles. The zero-order valence-electron chi connectivity index (χ0n) is 11.9. The third kappa shape index (κ3) is 4.87. The number of anilines is 1. The predicted octanol–water partition coefficient (Wildman–Crippen LogP) is 1.29. The molecule has 0 spiro atoms. The van der Waals surface area contributed by atoms with E-state index >= 15 is 0 Å². The fraction of sp³-hybridized carbons (Fsp3) is 0.571. The highest BCUT2D eigenvalue weighted by molar-refractivity contribution is 5.94. The van der Waals surface area contributed by atoms with Gasteiger partial charge in [-0.05, 0) is 24.5 Å². The smallest absolute Gasteiger partial charge is 0.251 e. The molecule has 5 nitrogen and oxygen atoms in total. The summed E-state index contributed by atoms with van der Waals surface area (Å²) >= 11 is 0. The van der Waals surface area contributed by atoms with Crippen LogP contribution in [0.2, 0.25) is 0 Å². The first-order valence-corrected chi connectivity index (χ1v) is 6.60. The van der Waals surface area contributed by atoms with E-state index in [0.29, 0.717) is 18.0 Å². The van der Waals surface area contributed by atoms with Crippen molar-refractivity contribution in [2.45, 2.75) is 19.8 Å². The molecule has 5 heteroatoms. The molecule has 1 aromatic rings. The number of aliphatic hydroxyl groups excluding tert-OH is 1. The Bertz CT molecular complexity index is 407. The van der Waals surface area contributed by atoms with Crippen LogP contribution in [0.4, 0.5) is 5.82 Å². The van der Waals surface area contributed by atoms with E-state index in [0.717, 1.165) is 18.7 Å². The van der Waals surface area contributed by atoms with Crippen LogP contribution in [-0.4, -0.2) is 43.2 Å². The van der Waals surface area contributed by atoms with Crippen molar-refractivity contribution in [1.82, 2.24) is 10.3 Å². The lowest BCUT2D eigenvalue weighted by atomic mass is 10.0. The Morgan fingerprint density at radius 2 is 2.26 bits per heavy atom. The van der Waals surface area contributed by atoms with Crippen LogP contribution >= 0.6 is 0 Å². The number of rotatable bonds is 7. The maximum atomic E-state index is 12.0. The van der Waals surface area contributed by atoms with Gasteiger partial charge in [-0.25, -0.2) is 4.98 Å². The Morgan fingerprint density at radius 1 is 1.53 bits per heavy atom. The molecule has 0 saturated carbocycles. The number of aromatic nitrogens is 1. The Morgan fingerprint density at radius 3 is 2.84 bits per heavy atom. The molecule has 1 heterocycles. The minimum absolute atomic E-state index is 0.0955. The van der Waals surface area contributed by atoms with Crippen molar-refractivity contribution in [2.24, 2.45) is 5.92 Å². The van der Waals surface area contributed by atoms with Gasteiger partial charge in [0.05, 0.1) is 0 Å². The van der Waals surface area contributed by atoms with Gasteiger partial charge in [0.2, 0.25) is 0 Å². The number of nitrogens with zero attached hydrogens (tertiary/aromatic N) is 2. The molecule has 1 rings (SSSR count). The van der Waals surface area contributed by atoms with Crippen molar-refractivity contribution >= 4 is 11.7 Å². The molecule has 2 N–H and O–H groups in total. The standard InChI is InChI=1S/C14H23N3O2/c1-4-11(6-8-18)10-16-14(19)12-5-7-15-13(9-12)17(2)3/h5,7,9,11,18H,4,6,8,10H2,1-3H3,(H,16,19). The van der Waals surface area contributed by atoms with Gasteiger partial charge in [-0.1, -0.05) is 13.3 Å². The number of carbonyl (C=O) groups excluding carboxylic acids is 1. The molecule has 1 amide bonds. The van der Waals surface area contributed by atoms with E-state index < -0.39 is 0 Å². The molecule has 0 radical (unpaired) electrons. The fourth-order valence-corrected chi connectivity index (χ4v) is 1.78. The van der Waals surface area contributed by atoms with E-state index in [1.807, 2.05) is 19.0 Å². The first-order valence-electron chi connectivity index (χ1n) is 6.60. The summed E-state index contributed by atoms with van der Waals surface area (Å²) in [5, 5.41) is 11.8. The number of nitrogens with one attached hydrogen (secondary N) is 1. The second-order valence-electron chi connectivity index (χ2n) is 4.79. The Hall–Kier alpha value is -1.62. The van der Waals surface area contributed by atoms with Gasteiger partial charge < -0.3 is 15.3 Å². The van der Waals surface area contributed by atoms with Gasteiger partial charge in [0.25, 0.3) is 5.91 Å². The molecule has 0 aliphatic carbocycles. The first-order chi connectivity index (χ1) is 9.08. The second kappa shape index (κ2) is 7.74. The van der Waals surface area contributed by atoms with Gasteiger partial charge in [0, 0.05) is 39.0 Å². The molecule has 19 heavy (non-hydrogen) atoms. The van der Waals surface area contributed by atoms with Gasteiger partial charge in [-0.15, -0.1) is 0 Å². The average Bonchev–Trinajstić information content (AvgIpc) is 2.43. The summed E-state index contributed by atoms with van der Waals surface area (Å²) in [7, 11) is 3.77. The lowest BCUT2D eigenvalue weighted by Gasteiger charge is -2.15. The maximum Gasteiger partial charge on any atom is 0.251 e. The van der Waals surface area contributed by atoms with Gasteiger partial charge in [-0.3, -0.25) is 4.79 Å². The van der Waals surface area contributed by atoms with Crippen LogP contribution in [0.5, 0.6) is 0 Å². The molecule has 0 aliphatic heterocycles. The lowest BCUT2D eigenvalue weighted by Crippen LogP contribution is -2.29. The molecule has 0 fully saturated rings. The maximum absolute atomic E-state index is 12.0. The van der Waals surface area contributed by atoms with Gasteiger partial charge in [-0.2, -0.15) is 0 Å². The van der Waals surface area contributed by atoms with Crippen LogP contribution < -0.4 is 10.2 Å². The molecule has 0 saturated heterocycles. The highest BCUT2D eigenvalue weighted by Crippen LogP contribution is 2.10. The summed E-state index contributed by atoms with van der Waals surface area (Å²) in [6.07, 6.45) is 3.30. The van der Waals surface area contributed by atoms with Crippen LogP contribution in [0.25, 0.3) is 0 Å². The van der Waals surface area contributed by atoms with Gasteiger partial charge in [0.15, 0.2) is 0 Å². The minimum atomic E-state index is -0.0955. The van der Waals surface area contributed by atoms with E-state index in [1.54, 1.807) is 18.3 Å². The van der Waals surface area contributed by atoms with E-state index in [-0.39, 0.29) is 12.5 Å². The van der Waals surface area contributed by atoms with Crippen LogP contribution in [0.15, 0.2) is 18.3 Å². The Kier molecular flexibility index (Phi) is 6.29. The van der Waals surface area contributed by atoms with Gasteiger partial charge in [0.1, 0.15) is 5.82 Å². The van der Waals surface area contributed by atoms with Gasteiger partial charge >= 0.3 is 0 Å². The molecular formula is C14H23N3O2. The van der Waals surface area contributed by atoms with Crippen LogP contribution in [-0.2, 0) is 0 Å². The minimum Gasteiger partial charge on any atom is -0.396 e. The average molecular weight is 265 g/mol. The summed E-state index contributed by atoms with van der Waals surface area (Å²) < 4.78 is 0. The SMILES string of the molecule is CCC(CCO)CNC(=O)c1ccnc(N(C)C)c1. The summed E-state index contributed by atoms with van der Waals surface area (Å²) in [4.78, 5) is 18.1. The predicted molar refractivity (Wildman–Crippen MR) is 76.4 cm³/mol.